The van der Waals surface area contributed by atoms with Crippen LogP contribution >= 0.6 is 0 Å². The average Bonchev–Trinajstić information content (AvgIpc) is 2.73. The van der Waals surface area contributed by atoms with Gasteiger partial charge in [0.2, 0.25) is 0 Å². The Hall–Kier alpha value is -1.36. The molecule has 2 rings (SSSR count). The summed E-state index contributed by atoms with van der Waals surface area (Å²) in [5, 5.41) is 12.9. The van der Waals surface area contributed by atoms with Gasteiger partial charge in [0.15, 0.2) is 0 Å². The Kier molecular flexibility index (Phi) is 2.73. The monoisotopic (exact) mass is 209 g/mol. The molecule has 0 bridgehead atoms. The number of carboxylic acids is 1. The van der Waals surface area contributed by atoms with Crippen molar-refractivity contribution in [3.8, 4) is 0 Å². The third-order valence-corrected chi connectivity index (χ3v) is 2.90. The van der Waals surface area contributed by atoms with Crippen LogP contribution in [0.25, 0.3) is 0 Å². The van der Waals surface area contributed by atoms with Crippen LogP contribution in [0.4, 0.5) is 0 Å². The van der Waals surface area contributed by atoms with Crippen molar-refractivity contribution in [3.63, 3.8) is 0 Å². The fraction of sp³-hybridized carbons (Fsp3) is 0.600. The van der Waals surface area contributed by atoms with Crippen LogP contribution in [-0.2, 0) is 11.8 Å². The summed E-state index contributed by atoms with van der Waals surface area (Å²) in [6.45, 7) is 0.984. The van der Waals surface area contributed by atoms with Crippen molar-refractivity contribution in [3.05, 3.63) is 18.0 Å². The van der Waals surface area contributed by atoms with E-state index >= 15 is 0 Å². The molecule has 1 aliphatic rings. The molecule has 1 aliphatic heterocycles. The van der Waals surface area contributed by atoms with Crippen molar-refractivity contribution in [2.24, 2.45) is 7.05 Å². The molecule has 1 aromatic rings. The molecule has 5 nitrogen and oxygen atoms in total. The van der Waals surface area contributed by atoms with Crippen LogP contribution in [0.2, 0.25) is 0 Å². The SMILES string of the molecule is Cn1nccc1[C@@H]1CCCN1CC(=O)O. The summed E-state index contributed by atoms with van der Waals surface area (Å²) in [5.74, 6) is -0.760. The summed E-state index contributed by atoms with van der Waals surface area (Å²) in [4.78, 5) is 12.7. The highest BCUT2D eigenvalue weighted by Gasteiger charge is 2.29. The third kappa shape index (κ3) is 2.02. The van der Waals surface area contributed by atoms with E-state index in [0.29, 0.717) is 0 Å². The minimum Gasteiger partial charge on any atom is -0.480 e. The van der Waals surface area contributed by atoms with Crippen molar-refractivity contribution in [1.82, 2.24) is 14.7 Å². The van der Waals surface area contributed by atoms with Gasteiger partial charge in [0, 0.05) is 13.2 Å². The van der Waals surface area contributed by atoms with Gasteiger partial charge < -0.3 is 5.11 Å². The first-order valence-corrected chi connectivity index (χ1v) is 5.12. The molecule has 0 radical (unpaired) electrons. The highest BCUT2D eigenvalue weighted by Crippen LogP contribution is 2.30. The van der Waals surface area contributed by atoms with Crippen molar-refractivity contribution in [1.29, 1.82) is 0 Å². The molecular formula is C10H15N3O2. The maximum absolute atomic E-state index is 10.7. The molecule has 1 fully saturated rings. The van der Waals surface area contributed by atoms with E-state index in [0.717, 1.165) is 25.1 Å². The molecular weight excluding hydrogens is 194 g/mol. The Bertz CT molecular complexity index is 361. The molecule has 0 amide bonds. The number of rotatable bonds is 3. The molecule has 1 N–H and O–H groups in total. The lowest BCUT2D eigenvalue weighted by Gasteiger charge is -2.22. The number of aryl methyl sites for hydroxylation is 1. The van der Waals surface area contributed by atoms with Crippen LogP contribution in [0, 0.1) is 0 Å². The Labute approximate surface area is 88.3 Å². The molecule has 0 aliphatic carbocycles. The standard InChI is InChI=1S/C10H15N3O2/c1-12-8(4-5-11-12)9-3-2-6-13(9)7-10(14)15/h4-5,9H,2-3,6-7H2,1H3,(H,14,15)/t9-/m0/s1. The second-order valence-electron chi connectivity index (χ2n) is 3.90. The molecule has 15 heavy (non-hydrogen) atoms. The van der Waals surface area contributed by atoms with E-state index in [4.69, 9.17) is 5.11 Å². The van der Waals surface area contributed by atoms with E-state index in [1.807, 2.05) is 22.7 Å². The number of carboxylic acid groups (broad SMARTS) is 1. The zero-order chi connectivity index (χ0) is 10.8. The minimum atomic E-state index is -0.760. The van der Waals surface area contributed by atoms with Crippen molar-refractivity contribution < 1.29 is 9.90 Å². The summed E-state index contributed by atoms with van der Waals surface area (Å²) in [6.07, 6.45) is 3.84. The molecule has 0 spiro atoms. The average molecular weight is 209 g/mol. The van der Waals surface area contributed by atoms with Gasteiger partial charge in [-0.1, -0.05) is 0 Å². The van der Waals surface area contributed by atoms with Gasteiger partial charge in [-0.15, -0.1) is 0 Å². The van der Waals surface area contributed by atoms with E-state index in [1.54, 1.807) is 6.20 Å². The molecule has 0 saturated carbocycles. The van der Waals surface area contributed by atoms with Gasteiger partial charge in [0.05, 0.1) is 18.3 Å². The Morgan fingerprint density at radius 2 is 2.53 bits per heavy atom. The fourth-order valence-electron chi connectivity index (χ4n) is 2.24. The lowest BCUT2D eigenvalue weighted by molar-refractivity contribution is -0.138. The largest absolute Gasteiger partial charge is 0.480 e. The van der Waals surface area contributed by atoms with E-state index < -0.39 is 5.97 Å². The first-order chi connectivity index (χ1) is 7.18. The quantitative estimate of drug-likeness (QED) is 0.793. The Balaban J connectivity index is 2.14. The molecule has 2 heterocycles. The maximum atomic E-state index is 10.7. The Morgan fingerprint density at radius 1 is 1.73 bits per heavy atom. The molecule has 0 unspecified atom stereocenters. The summed E-state index contributed by atoms with van der Waals surface area (Å²) in [5.41, 5.74) is 1.11. The highest BCUT2D eigenvalue weighted by atomic mass is 16.4. The molecule has 1 aromatic heterocycles. The maximum Gasteiger partial charge on any atom is 0.317 e. The summed E-state index contributed by atoms with van der Waals surface area (Å²) >= 11 is 0. The summed E-state index contributed by atoms with van der Waals surface area (Å²) in [6, 6.07) is 2.18. The summed E-state index contributed by atoms with van der Waals surface area (Å²) in [7, 11) is 1.90. The van der Waals surface area contributed by atoms with Crippen molar-refractivity contribution in [2.45, 2.75) is 18.9 Å². The highest BCUT2D eigenvalue weighted by molar-refractivity contribution is 5.69. The first kappa shape index (κ1) is 10.2. The smallest absolute Gasteiger partial charge is 0.317 e. The Morgan fingerprint density at radius 3 is 3.13 bits per heavy atom. The normalized spacial score (nSPS) is 22.1. The molecule has 82 valence electrons. The van der Waals surface area contributed by atoms with Gasteiger partial charge in [-0.2, -0.15) is 5.10 Å². The summed E-state index contributed by atoms with van der Waals surface area (Å²) < 4.78 is 1.82. The number of hydrogen-bond donors (Lipinski definition) is 1. The predicted octanol–water partition coefficient (Wildman–Crippen LogP) is 0.642. The molecule has 1 atom stereocenters. The second kappa shape index (κ2) is 4.02. The lowest BCUT2D eigenvalue weighted by Crippen LogP contribution is -2.30. The molecule has 5 heteroatoms. The van der Waals surface area contributed by atoms with Gasteiger partial charge >= 0.3 is 5.97 Å². The zero-order valence-electron chi connectivity index (χ0n) is 8.76. The first-order valence-electron chi connectivity index (χ1n) is 5.12. The van der Waals surface area contributed by atoms with E-state index in [2.05, 4.69) is 5.10 Å². The van der Waals surface area contributed by atoms with Crippen LogP contribution in [0.5, 0.6) is 0 Å². The van der Waals surface area contributed by atoms with Gasteiger partial charge in [-0.05, 0) is 25.5 Å². The molecule has 0 aromatic carbocycles. The van der Waals surface area contributed by atoms with Gasteiger partial charge in [-0.3, -0.25) is 14.4 Å². The van der Waals surface area contributed by atoms with Crippen LogP contribution in [-0.4, -0.2) is 38.8 Å². The van der Waals surface area contributed by atoms with Gasteiger partial charge in [-0.25, -0.2) is 0 Å². The van der Waals surface area contributed by atoms with E-state index in [1.165, 1.54) is 0 Å². The number of aromatic nitrogens is 2. The lowest BCUT2D eigenvalue weighted by atomic mass is 10.1. The number of hydrogen-bond acceptors (Lipinski definition) is 3. The van der Waals surface area contributed by atoms with Crippen LogP contribution in [0.15, 0.2) is 12.3 Å². The van der Waals surface area contributed by atoms with Crippen LogP contribution in [0.1, 0.15) is 24.6 Å². The van der Waals surface area contributed by atoms with Crippen molar-refractivity contribution in [2.75, 3.05) is 13.1 Å². The third-order valence-electron chi connectivity index (χ3n) is 2.90. The van der Waals surface area contributed by atoms with Gasteiger partial charge in [0.1, 0.15) is 0 Å². The number of aliphatic carboxylic acids is 1. The molecule has 1 saturated heterocycles. The van der Waals surface area contributed by atoms with Gasteiger partial charge in [0.25, 0.3) is 0 Å². The van der Waals surface area contributed by atoms with E-state index in [9.17, 15) is 4.79 Å². The zero-order valence-corrected chi connectivity index (χ0v) is 8.76. The number of carbonyl (C=O) groups is 1. The second-order valence-corrected chi connectivity index (χ2v) is 3.90. The topological polar surface area (TPSA) is 58.4 Å². The van der Waals surface area contributed by atoms with Crippen LogP contribution in [0.3, 0.4) is 0 Å². The predicted molar refractivity (Wildman–Crippen MR) is 54.4 cm³/mol. The van der Waals surface area contributed by atoms with Crippen molar-refractivity contribution >= 4 is 5.97 Å². The number of likely N-dealkylation sites (tertiary alicyclic amines) is 1. The van der Waals surface area contributed by atoms with Crippen LogP contribution < -0.4 is 0 Å². The number of nitrogens with zero attached hydrogens (tertiary/aromatic N) is 3. The van der Waals surface area contributed by atoms with E-state index in [-0.39, 0.29) is 12.6 Å². The fourth-order valence-corrected chi connectivity index (χ4v) is 2.24. The minimum absolute atomic E-state index is 0.121.